The van der Waals surface area contributed by atoms with Gasteiger partial charge < -0.3 is 15.4 Å². The number of hydrogen-bond acceptors (Lipinski definition) is 4. The lowest BCUT2D eigenvalue weighted by Gasteiger charge is -2.37. The van der Waals surface area contributed by atoms with Crippen LogP contribution in [-0.2, 0) is 4.74 Å². The molecule has 0 saturated carbocycles. The molecule has 4 nitrogen and oxygen atoms in total. The maximum Gasteiger partial charge on any atom is 0.262 e. The Kier molecular flexibility index (Phi) is 7.44. The van der Waals surface area contributed by atoms with Crippen LogP contribution in [0, 0.1) is 12.3 Å². The summed E-state index contributed by atoms with van der Waals surface area (Å²) in [7, 11) is 1.71. The highest BCUT2D eigenvalue weighted by molar-refractivity contribution is 7.13. The van der Waals surface area contributed by atoms with Crippen molar-refractivity contribution in [1.82, 2.24) is 10.6 Å². The number of amides is 1. The number of piperidine rings is 1. The second kappa shape index (κ2) is 8.34. The van der Waals surface area contributed by atoms with Crippen LogP contribution in [0.4, 0.5) is 0 Å². The van der Waals surface area contributed by atoms with E-state index in [4.69, 9.17) is 16.3 Å². The van der Waals surface area contributed by atoms with Gasteiger partial charge in [0.2, 0.25) is 0 Å². The molecule has 2 rings (SSSR count). The van der Waals surface area contributed by atoms with Crippen LogP contribution in [0.25, 0.3) is 0 Å². The van der Waals surface area contributed by atoms with Crippen molar-refractivity contribution in [3.8, 4) is 0 Å². The zero-order valence-corrected chi connectivity index (χ0v) is 14.7. The average molecular weight is 353 g/mol. The van der Waals surface area contributed by atoms with Crippen LogP contribution >= 0.6 is 35.3 Å². The number of ether oxygens (including phenoxy) is 1. The minimum atomic E-state index is -0.0814. The highest BCUT2D eigenvalue weighted by Crippen LogP contribution is 2.30. The molecule has 0 spiro atoms. The summed E-state index contributed by atoms with van der Waals surface area (Å²) in [6, 6.07) is 0. The number of rotatable bonds is 5. The third-order valence-electron chi connectivity index (χ3n) is 3.84. The first-order valence-electron chi connectivity index (χ1n) is 6.79. The smallest absolute Gasteiger partial charge is 0.262 e. The summed E-state index contributed by atoms with van der Waals surface area (Å²) in [5.74, 6) is -0.0814. The zero-order valence-electron chi connectivity index (χ0n) is 12.3. The van der Waals surface area contributed by atoms with Gasteiger partial charge in [0, 0.05) is 19.1 Å². The van der Waals surface area contributed by atoms with Crippen LogP contribution in [-0.4, -0.2) is 39.3 Å². The fourth-order valence-corrected chi connectivity index (χ4v) is 3.76. The van der Waals surface area contributed by atoms with Gasteiger partial charge in [0.1, 0.15) is 4.88 Å². The Balaban J connectivity index is 0.00000220. The molecule has 1 amide bonds. The Bertz CT molecular complexity index is 468. The zero-order chi connectivity index (χ0) is 14.6. The summed E-state index contributed by atoms with van der Waals surface area (Å²) in [5, 5.41) is 8.85. The summed E-state index contributed by atoms with van der Waals surface area (Å²) in [6.07, 6.45) is 2.02. The predicted octanol–water partition coefficient (Wildman–Crippen LogP) is 2.88. The molecule has 1 aliphatic heterocycles. The third-order valence-corrected chi connectivity index (χ3v) is 5.54. The van der Waals surface area contributed by atoms with Crippen LogP contribution in [0.3, 0.4) is 0 Å². The van der Waals surface area contributed by atoms with E-state index in [0.29, 0.717) is 23.1 Å². The van der Waals surface area contributed by atoms with Crippen molar-refractivity contribution in [3.63, 3.8) is 0 Å². The molecule has 0 unspecified atom stereocenters. The fraction of sp³-hybridized carbons (Fsp3) is 0.643. The largest absolute Gasteiger partial charge is 0.384 e. The van der Waals surface area contributed by atoms with Crippen LogP contribution in [0.5, 0.6) is 0 Å². The Morgan fingerprint density at radius 2 is 2.19 bits per heavy atom. The first-order chi connectivity index (χ1) is 9.58. The van der Waals surface area contributed by atoms with Gasteiger partial charge in [0.15, 0.2) is 0 Å². The molecule has 21 heavy (non-hydrogen) atoms. The topological polar surface area (TPSA) is 50.4 Å². The molecule has 1 saturated heterocycles. The van der Waals surface area contributed by atoms with Crippen molar-refractivity contribution in [2.75, 3.05) is 33.4 Å². The summed E-state index contributed by atoms with van der Waals surface area (Å²) in [6.45, 7) is 5.16. The van der Waals surface area contributed by atoms with Gasteiger partial charge in [-0.05, 0) is 43.8 Å². The first kappa shape index (κ1) is 18.7. The van der Waals surface area contributed by atoms with E-state index in [1.54, 1.807) is 7.11 Å². The van der Waals surface area contributed by atoms with Crippen molar-refractivity contribution in [2.24, 2.45) is 5.41 Å². The van der Waals surface area contributed by atoms with Gasteiger partial charge in [0.25, 0.3) is 5.91 Å². The molecule has 0 radical (unpaired) electrons. The molecule has 0 aromatic carbocycles. The van der Waals surface area contributed by atoms with Crippen molar-refractivity contribution in [2.45, 2.75) is 19.8 Å². The summed E-state index contributed by atoms with van der Waals surface area (Å²) < 4.78 is 5.35. The molecule has 0 atom stereocenters. The number of methoxy groups -OCH3 is 1. The standard InChI is InChI=1S/C14H21ClN2O2S.ClH/c1-10-7-20-12(11(10)15)13(18)17-8-14(9-19-2)3-5-16-6-4-14;/h7,16H,3-6,8-9H2,1-2H3,(H,17,18);1H. The van der Waals surface area contributed by atoms with Gasteiger partial charge in [-0.15, -0.1) is 23.7 Å². The second-order valence-corrected chi connectivity index (χ2v) is 6.69. The molecule has 1 aromatic heterocycles. The van der Waals surface area contributed by atoms with E-state index < -0.39 is 0 Å². The molecule has 1 aliphatic rings. The van der Waals surface area contributed by atoms with Gasteiger partial charge in [0.05, 0.1) is 11.6 Å². The third kappa shape index (κ3) is 4.57. The predicted molar refractivity (Wildman–Crippen MR) is 90.1 cm³/mol. The molecular formula is C14H22Cl2N2O2S. The van der Waals surface area contributed by atoms with Crippen LogP contribution < -0.4 is 10.6 Å². The molecule has 1 aromatic rings. The highest BCUT2D eigenvalue weighted by Gasteiger charge is 2.32. The van der Waals surface area contributed by atoms with E-state index in [1.165, 1.54) is 11.3 Å². The van der Waals surface area contributed by atoms with E-state index in [2.05, 4.69) is 10.6 Å². The van der Waals surface area contributed by atoms with Gasteiger partial charge in [-0.3, -0.25) is 4.79 Å². The SMILES string of the molecule is COCC1(CNC(=O)c2scc(C)c2Cl)CCNCC1.Cl. The van der Waals surface area contributed by atoms with Crippen LogP contribution in [0.15, 0.2) is 5.38 Å². The molecule has 0 bridgehead atoms. The van der Waals surface area contributed by atoms with Crippen molar-refractivity contribution in [1.29, 1.82) is 0 Å². The number of hydrogen-bond donors (Lipinski definition) is 2. The maximum atomic E-state index is 12.2. The molecule has 7 heteroatoms. The molecule has 2 N–H and O–H groups in total. The maximum absolute atomic E-state index is 12.2. The number of thiophene rings is 1. The molecule has 2 heterocycles. The number of nitrogens with one attached hydrogen (secondary N) is 2. The van der Waals surface area contributed by atoms with Gasteiger partial charge >= 0.3 is 0 Å². The molecule has 120 valence electrons. The Hall–Kier alpha value is -0.330. The molecule has 1 fully saturated rings. The average Bonchev–Trinajstić information content (AvgIpc) is 2.78. The van der Waals surface area contributed by atoms with Gasteiger partial charge in [-0.2, -0.15) is 0 Å². The molecule has 0 aliphatic carbocycles. The minimum absolute atomic E-state index is 0. The van der Waals surface area contributed by atoms with E-state index in [1.807, 2.05) is 12.3 Å². The number of carbonyl (C=O) groups is 1. The lowest BCUT2D eigenvalue weighted by Crippen LogP contribution is -2.47. The van der Waals surface area contributed by atoms with Crippen molar-refractivity contribution >= 4 is 41.3 Å². The van der Waals surface area contributed by atoms with Gasteiger partial charge in [-0.25, -0.2) is 0 Å². The lowest BCUT2D eigenvalue weighted by atomic mass is 9.79. The Labute approximate surface area is 141 Å². The molecular weight excluding hydrogens is 331 g/mol. The van der Waals surface area contributed by atoms with E-state index in [9.17, 15) is 4.79 Å². The van der Waals surface area contributed by atoms with E-state index in [0.717, 1.165) is 31.5 Å². The van der Waals surface area contributed by atoms with E-state index in [-0.39, 0.29) is 23.7 Å². The summed E-state index contributed by atoms with van der Waals surface area (Å²) in [5.41, 5.74) is 0.990. The number of aryl methyl sites for hydroxylation is 1. The summed E-state index contributed by atoms with van der Waals surface area (Å²) in [4.78, 5) is 12.8. The quantitative estimate of drug-likeness (QED) is 0.856. The van der Waals surface area contributed by atoms with Crippen molar-refractivity contribution in [3.05, 3.63) is 20.8 Å². The highest BCUT2D eigenvalue weighted by atomic mass is 35.5. The monoisotopic (exact) mass is 352 g/mol. The number of halogens is 2. The lowest BCUT2D eigenvalue weighted by molar-refractivity contribution is 0.0512. The minimum Gasteiger partial charge on any atom is -0.384 e. The van der Waals surface area contributed by atoms with Crippen LogP contribution in [0.2, 0.25) is 5.02 Å². The van der Waals surface area contributed by atoms with Crippen LogP contribution in [0.1, 0.15) is 28.1 Å². The Morgan fingerprint density at radius 1 is 1.52 bits per heavy atom. The second-order valence-electron chi connectivity index (χ2n) is 5.43. The van der Waals surface area contributed by atoms with Gasteiger partial charge in [-0.1, -0.05) is 11.6 Å². The first-order valence-corrected chi connectivity index (χ1v) is 8.05. The fourth-order valence-electron chi connectivity index (χ4n) is 2.57. The normalized spacial score (nSPS) is 17.1. The van der Waals surface area contributed by atoms with Crippen molar-refractivity contribution < 1.29 is 9.53 Å². The summed E-state index contributed by atoms with van der Waals surface area (Å²) >= 11 is 7.53. The number of carbonyl (C=O) groups excluding carboxylic acids is 1. The Morgan fingerprint density at radius 3 is 2.71 bits per heavy atom. The van der Waals surface area contributed by atoms with E-state index >= 15 is 0 Å².